The van der Waals surface area contributed by atoms with Gasteiger partial charge in [0.25, 0.3) is 0 Å². The summed E-state index contributed by atoms with van der Waals surface area (Å²) in [7, 11) is 0. The first-order valence-corrected chi connectivity index (χ1v) is 6.72. The van der Waals surface area contributed by atoms with E-state index in [0.717, 1.165) is 0 Å². The number of aliphatic carboxylic acids is 1. The van der Waals surface area contributed by atoms with Crippen molar-refractivity contribution in [1.29, 1.82) is 0 Å². The molecule has 0 aromatic heterocycles. The molecule has 122 valence electrons. The smallest absolute Gasteiger partial charge is 0.408 e. The first-order chi connectivity index (χ1) is 10.2. The first kappa shape index (κ1) is 17.9. The molecule has 0 aliphatic heterocycles. The number of nitrogens with one attached hydrogen (secondary N) is 1. The molecule has 1 rings (SSSR count). The SMILES string of the molecule is CC(C)(C)OC(=O)N[C@@H](COCc1ccc(F)cc1)C(=O)O. The molecule has 2 N–H and O–H groups in total. The molecule has 0 radical (unpaired) electrons. The van der Waals surface area contributed by atoms with Crippen molar-refractivity contribution in [1.82, 2.24) is 5.32 Å². The Bertz CT molecular complexity index is 510. The molecule has 1 atom stereocenters. The molecule has 0 bridgehead atoms. The minimum absolute atomic E-state index is 0.111. The number of benzene rings is 1. The topological polar surface area (TPSA) is 84.9 Å². The number of amides is 1. The van der Waals surface area contributed by atoms with E-state index in [9.17, 15) is 14.0 Å². The van der Waals surface area contributed by atoms with Crippen molar-refractivity contribution >= 4 is 12.1 Å². The van der Waals surface area contributed by atoms with Crippen LogP contribution in [-0.4, -0.2) is 35.4 Å². The zero-order valence-corrected chi connectivity index (χ0v) is 12.8. The molecule has 0 aliphatic carbocycles. The third-order valence-corrected chi connectivity index (χ3v) is 2.46. The molecule has 6 nitrogen and oxygen atoms in total. The van der Waals surface area contributed by atoms with Crippen molar-refractivity contribution in [3.8, 4) is 0 Å². The summed E-state index contributed by atoms with van der Waals surface area (Å²) in [6.07, 6.45) is -0.828. The van der Waals surface area contributed by atoms with Crippen LogP contribution in [0.1, 0.15) is 26.3 Å². The lowest BCUT2D eigenvalue weighted by Gasteiger charge is -2.22. The van der Waals surface area contributed by atoms with E-state index in [2.05, 4.69) is 5.32 Å². The highest BCUT2D eigenvalue weighted by Gasteiger charge is 2.24. The van der Waals surface area contributed by atoms with Gasteiger partial charge < -0.3 is 19.9 Å². The van der Waals surface area contributed by atoms with E-state index in [4.69, 9.17) is 14.6 Å². The van der Waals surface area contributed by atoms with Crippen LogP contribution in [-0.2, 0) is 20.9 Å². The highest BCUT2D eigenvalue weighted by atomic mass is 19.1. The van der Waals surface area contributed by atoms with Crippen LogP contribution in [0.4, 0.5) is 9.18 Å². The van der Waals surface area contributed by atoms with Gasteiger partial charge in [-0.2, -0.15) is 0 Å². The molecule has 0 fully saturated rings. The first-order valence-electron chi connectivity index (χ1n) is 6.72. The van der Waals surface area contributed by atoms with Gasteiger partial charge in [-0.25, -0.2) is 14.0 Å². The summed E-state index contributed by atoms with van der Waals surface area (Å²) in [5.41, 5.74) is -0.0231. The maximum Gasteiger partial charge on any atom is 0.408 e. The van der Waals surface area contributed by atoms with Gasteiger partial charge in [0, 0.05) is 0 Å². The Labute approximate surface area is 128 Å². The fraction of sp³-hybridized carbons (Fsp3) is 0.467. The minimum Gasteiger partial charge on any atom is -0.480 e. The molecular formula is C15H20FNO5. The Hall–Kier alpha value is -2.15. The van der Waals surface area contributed by atoms with E-state index in [1.165, 1.54) is 24.3 Å². The zero-order valence-electron chi connectivity index (χ0n) is 12.8. The number of ether oxygens (including phenoxy) is 2. The van der Waals surface area contributed by atoms with Crippen molar-refractivity contribution < 1.29 is 28.6 Å². The molecule has 0 spiro atoms. The van der Waals surface area contributed by atoms with Gasteiger partial charge in [-0.15, -0.1) is 0 Å². The lowest BCUT2D eigenvalue weighted by molar-refractivity contribution is -0.141. The number of carboxylic acid groups (broad SMARTS) is 1. The molecular weight excluding hydrogens is 293 g/mol. The Morgan fingerprint density at radius 3 is 2.36 bits per heavy atom. The molecule has 0 saturated heterocycles. The predicted octanol–water partition coefficient (Wildman–Crippen LogP) is 2.32. The van der Waals surface area contributed by atoms with Crippen molar-refractivity contribution in [2.45, 2.75) is 39.0 Å². The summed E-state index contributed by atoms with van der Waals surface area (Å²) < 4.78 is 23.0. The van der Waals surface area contributed by atoms with Crippen LogP contribution in [0.25, 0.3) is 0 Å². The molecule has 1 amide bonds. The number of halogens is 1. The fourth-order valence-corrected chi connectivity index (χ4v) is 1.50. The predicted molar refractivity (Wildman–Crippen MR) is 76.8 cm³/mol. The largest absolute Gasteiger partial charge is 0.480 e. The number of carbonyl (C=O) groups excluding carboxylic acids is 1. The summed E-state index contributed by atoms with van der Waals surface area (Å²) in [6, 6.07) is 4.41. The molecule has 1 aromatic carbocycles. The second kappa shape index (κ2) is 7.74. The monoisotopic (exact) mass is 313 g/mol. The van der Waals surface area contributed by atoms with Crippen LogP contribution in [0.15, 0.2) is 24.3 Å². The summed E-state index contributed by atoms with van der Waals surface area (Å²) in [6.45, 7) is 4.90. The van der Waals surface area contributed by atoms with Gasteiger partial charge in [0.2, 0.25) is 0 Å². The van der Waals surface area contributed by atoms with E-state index in [1.807, 2.05) is 0 Å². The van der Waals surface area contributed by atoms with Crippen LogP contribution in [0, 0.1) is 5.82 Å². The number of rotatable bonds is 6. The van der Waals surface area contributed by atoms with Gasteiger partial charge in [-0.1, -0.05) is 12.1 Å². The molecule has 0 aliphatic rings. The molecule has 7 heteroatoms. The van der Waals surface area contributed by atoms with Gasteiger partial charge in [0.1, 0.15) is 11.4 Å². The quantitative estimate of drug-likeness (QED) is 0.842. The third kappa shape index (κ3) is 7.03. The van der Waals surface area contributed by atoms with E-state index in [1.54, 1.807) is 20.8 Å². The van der Waals surface area contributed by atoms with Crippen LogP contribution < -0.4 is 5.32 Å². The van der Waals surface area contributed by atoms with Crippen LogP contribution >= 0.6 is 0 Å². The third-order valence-electron chi connectivity index (χ3n) is 2.46. The van der Waals surface area contributed by atoms with E-state index in [-0.39, 0.29) is 19.0 Å². The minimum atomic E-state index is -1.23. The van der Waals surface area contributed by atoms with Crippen molar-refractivity contribution in [3.05, 3.63) is 35.6 Å². The lowest BCUT2D eigenvalue weighted by Crippen LogP contribution is -2.46. The Morgan fingerprint density at radius 1 is 1.27 bits per heavy atom. The maximum atomic E-state index is 12.7. The van der Waals surface area contributed by atoms with Gasteiger partial charge in [-0.3, -0.25) is 0 Å². The van der Waals surface area contributed by atoms with Gasteiger partial charge in [0.05, 0.1) is 13.2 Å². The maximum absolute atomic E-state index is 12.7. The number of hydrogen-bond acceptors (Lipinski definition) is 4. The second-order valence-corrected chi connectivity index (χ2v) is 5.68. The number of hydrogen-bond donors (Lipinski definition) is 2. The molecule has 22 heavy (non-hydrogen) atoms. The van der Waals surface area contributed by atoms with Crippen molar-refractivity contribution in [2.24, 2.45) is 0 Å². The normalized spacial score (nSPS) is 12.5. The average molecular weight is 313 g/mol. The van der Waals surface area contributed by atoms with Crippen LogP contribution in [0.3, 0.4) is 0 Å². The van der Waals surface area contributed by atoms with Gasteiger partial charge >= 0.3 is 12.1 Å². The summed E-state index contributed by atoms with van der Waals surface area (Å²) >= 11 is 0. The van der Waals surface area contributed by atoms with E-state index < -0.39 is 23.7 Å². The lowest BCUT2D eigenvalue weighted by atomic mass is 10.2. The Kier molecular flexibility index (Phi) is 6.30. The fourth-order valence-electron chi connectivity index (χ4n) is 1.50. The van der Waals surface area contributed by atoms with Crippen LogP contribution in [0.5, 0.6) is 0 Å². The molecule has 0 unspecified atom stereocenters. The number of carbonyl (C=O) groups is 2. The van der Waals surface area contributed by atoms with Gasteiger partial charge in [0.15, 0.2) is 6.04 Å². The second-order valence-electron chi connectivity index (χ2n) is 5.68. The van der Waals surface area contributed by atoms with E-state index in [0.29, 0.717) is 5.56 Å². The molecule has 0 saturated carbocycles. The Balaban J connectivity index is 2.46. The van der Waals surface area contributed by atoms with Crippen molar-refractivity contribution in [2.75, 3.05) is 6.61 Å². The standard InChI is InChI=1S/C15H20FNO5/c1-15(2,3)22-14(20)17-12(13(18)19)9-21-8-10-4-6-11(16)7-5-10/h4-7,12H,8-9H2,1-3H3,(H,17,20)(H,18,19)/t12-/m0/s1. The highest BCUT2D eigenvalue weighted by Crippen LogP contribution is 2.07. The molecule has 0 heterocycles. The summed E-state index contributed by atoms with van der Waals surface area (Å²) in [5, 5.41) is 11.3. The summed E-state index contributed by atoms with van der Waals surface area (Å²) in [4.78, 5) is 22.6. The molecule has 1 aromatic rings. The summed E-state index contributed by atoms with van der Waals surface area (Å²) in [5.74, 6) is -1.59. The number of alkyl carbamates (subject to hydrolysis) is 1. The Morgan fingerprint density at radius 2 is 1.86 bits per heavy atom. The highest BCUT2D eigenvalue weighted by molar-refractivity contribution is 5.80. The van der Waals surface area contributed by atoms with Gasteiger partial charge in [-0.05, 0) is 38.5 Å². The zero-order chi connectivity index (χ0) is 16.8. The number of carboxylic acids is 1. The van der Waals surface area contributed by atoms with Crippen LogP contribution in [0.2, 0.25) is 0 Å². The van der Waals surface area contributed by atoms with E-state index >= 15 is 0 Å². The average Bonchev–Trinajstić information content (AvgIpc) is 2.37. The van der Waals surface area contributed by atoms with Crippen molar-refractivity contribution in [3.63, 3.8) is 0 Å².